The molecule has 0 atom stereocenters. The second kappa shape index (κ2) is 8.61. The Morgan fingerprint density at radius 3 is 2.57 bits per heavy atom. The van der Waals surface area contributed by atoms with Crippen LogP contribution in [0, 0.1) is 0 Å². The van der Waals surface area contributed by atoms with Crippen molar-refractivity contribution in [3.63, 3.8) is 0 Å². The van der Waals surface area contributed by atoms with E-state index in [2.05, 4.69) is 4.99 Å². The zero-order chi connectivity index (χ0) is 20.9. The van der Waals surface area contributed by atoms with E-state index in [0.717, 1.165) is 21.9 Å². The molecule has 0 N–H and O–H groups in total. The van der Waals surface area contributed by atoms with E-state index in [0.29, 0.717) is 12.4 Å². The van der Waals surface area contributed by atoms with Gasteiger partial charge >= 0.3 is 11.9 Å². The molecule has 30 heavy (non-hydrogen) atoms. The topological polar surface area (TPSA) is 74.2 Å². The van der Waals surface area contributed by atoms with E-state index in [1.165, 1.54) is 0 Å². The molecule has 1 aliphatic rings. The summed E-state index contributed by atoms with van der Waals surface area (Å²) in [7, 11) is 0. The second-order valence-corrected chi connectivity index (χ2v) is 6.56. The first-order valence-corrected chi connectivity index (χ1v) is 9.52. The van der Waals surface area contributed by atoms with Gasteiger partial charge in [-0.3, -0.25) is 0 Å². The average Bonchev–Trinajstić information content (AvgIpc) is 3.13. The fourth-order valence-electron chi connectivity index (χ4n) is 3.02. The fourth-order valence-corrected chi connectivity index (χ4v) is 3.02. The molecule has 1 heterocycles. The summed E-state index contributed by atoms with van der Waals surface area (Å²) in [5.41, 5.74) is 1.72. The molecule has 0 saturated carbocycles. The van der Waals surface area contributed by atoms with E-state index in [4.69, 9.17) is 14.2 Å². The van der Waals surface area contributed by atoms with Gasteiger partial charge in [0.25, 0.3) is 0 Å². The summed E-state index contributed by atoms with van der Waals surface area (Å²) < 4.78 is 15.5. The van der Waals surface area contributed by atoms with Crippen molar-refractivity contribution in [3.8, 4) is 5.75 Å². The molecule has 4 rings (SSSR count). The Morgan fingerprint density at radius 1 is 1.03 bits per heavy atom. The molecule has 6 heteroatoms. The van der Waals surface area contributed by atoms with Crippen molar-refractivity contribution < 1.29 is 23.8 Å². The zero-order valence-corrected chi connectivity index (χ0v) is 16.3. The molecule has 0 fully saturated rings. The van der Waals surface area contributed by atoms with Crippen LogP contribution in [0.25, 0.3) is 16.8 Å². The Labute approximate surface area is 173 Å². The van der Waals surface area contributed by atoms with Gasteiger partial charge in [0.2, 0.25) is 5.90 Å². The minimum Gasteiger partial charge on any atom is -0.482 e. The van der Waals surface area contributed by atoms with Crippen LogP contribution >= 0.6 is 0 Å². The summed E-state index contributed by atoms with van der Waals surface area (Å²) >= 11 is 0. The molecule has 0 aliphatic carbocycles. The highest BCUT2D eigenvalue weighted by molar-refractivity contribution is 6.13. The third-order valence-electron chi connectivity index (χ3n) is 4.46. The number of hydrogen-bond acceptors (Lipinski definition) is 6. The number of carbonyl (C=O) groups is 2. The molecule has 150 valence electrons. The predicted molar refractivity (Wildman–Crippen MR) is 113 cm³/mol. The Kier molecular flexibility index (Phi) is 5.57. The van der Waals surface area contributed by atoms with Crippen LogP contribution < -0.4 is 4.74 Å². The second-order valence-electron chi connectivity index (χ2n) is 6.56. The zero-order valence-electron chi connectivity index (χ0n) is 16.3. The standard InChI is InChI=1S/C24H19NO5/c1-2-28-22(26)15-29-20-11-7-16(8-12-20)13-21-24(27)30-23(25-21)19-10-9-17-5-3-4-6-18(17)14-19/h3-14H,2,15H2,1H3/b21-13-. The number of ether oxygens (including phenoxy) is 3. The normalized spacial score (nSPS) is 14.5. The summed E-state index contributed by atoms with van der Waals surface area (Å²) in [6.07, 6.45) is 1.64. The minimum absolute atomic E-state index is 0.153. The van der Waals surface area contributed by atoms with E-state index in [9.17, 15) is 9.59 Å². The molecule has 6 nitrogen and oxygen atoms in total. The van der Waals surface area contributed by atoms with Crippen LogP contribution in [0.5, 0.6) is 5.75 Å². The van der Waals surface area contributed by atoms with Gasteiger partial charge < -0.3 is 14.2 Å². The number of aliphatic imine (C=N–C) groups is 1. The number of nitrogens with zero attached hydrogens (tertiary/aromatic N) is 1. The lowest BCUT2D eigenvalue weighted by atomic mass is 10.1. The van der Waals surface area contributed by atoms with Crippen LogP contribution in [-0.2, 0) is 19.1 Å². The maximum Gasteiger partial charge on any atom is 0.363 e. The smallest absolute Gasteiger partial charge is 0.363 e. The van der Waals surface area contributed by atoms with Crippen molar-refractivity contribution >= 4 is 34.7 Å². The first-order chi connectivity index (χ1) is 14.6. The molecule has 0 radical (unpaired) electrons. The number of rotatable bonds is 6. The predicted octanol–water partition coefficient (Wildman–Crippen LogP) is 4.13. The van der Waals surface area contributed by atoms with Crippen LogP contribution in [0.3, 0.4) is 0 Å². The Bertz CT molecular complexity index is 1160. The van der Waals surface area contributed by atoms with Gasteiger partial charge in [-0.1, -0.05) is 42.5 Å². The summed E-state index contributed by atoms with van der Waals surface area (Å²) in [4.78, 5) is 28.0. The Morgan fingerprint density at radius 2 is 1.80 bits per heavy atom. The SMILES string of the molecule is CCOC(=O)COc1ccc(/C=C2\N=C(c3ccc4ccccc4c3)OC2=O)cc1. The van der Waals surface area contributed by atoms with Gasteiger partial charge in [0.15, 0.2) is 12.3 Å². The van der Waals surface area contributed by atoms with Crippen LogP contribution in [0.4, 0.5) is 0 Å². The van der Waals surface area contributed by atoms with Crippen LogP contribution in [0.1, 0.15) is 18.1 Å². The van der Waals surface area contributed by atoms with Crippen LogP contribution in [0.15, 0.2) is 77.4 Å². The minimum atomic E-state index is -0.499. The number of benzene rings is 3. The molecular weight excluding hydrogens is 382 g/mol. The van der Waals surface area contributed by atoms with Gasteiger partial charge in [-0.25, -0.2) is 14.6 Å². The molecule has 0 saturated heterocycles. The highest BCUT2D eigenvalue weighted by atomic mass is 16.6. The number of carbonyl (C=O) groups excluding carboxylic acids is 2. The van der Waals surface area contributed by atoms with Crippen molar-refractivity contribution in [1.82, 2.24) is 0 Å². The summed E-state index contributed by atoms with van der Waals surface area (Å²) in [6.45, 7) is 1.90. The van der Waals surface area contributed by atoms with Gasteiger partial charge in [-0.05, 0) is 53.6 Å². The highest BCUT2D eigenvalue weighted by Crippen LogP contribution is 2.23. The van der Waals surface area contributed by atoms with Crippen molar-refractivity contribution in [3.05, 3.63) is 83.6 Å². The quantitative estimate of drug-likeness (QED) is 0.459. The van der Waals surface area contributed by atoms with Gasteiger partial charge in [-0.2, -0.15) is 0 Å². The Balaban J connectivity index is 1.49. The van der Waals surface area contributed by atoms with Gasteiger partial charge in [0.1, 0.15) is 5.75 Å². The van der Waals surface area contributed by atoms with Crippen molar-refractivity contribution in [2.45, 2.75) is 6.92 Å². The van der Waals surface area contributed by atoms with Gasteiger partial charge in [-0.15, -0.1) is 0 Å². The number of cyclic esters (lactones) is 1. The number of fused-ring (bicyclic) bond motifs is 1. The lowest BCUT2D eigenvalue weighted by Gasteiger charge is -2.05. The average molecular weight is 401 g/mol. The molecule has 0 spiro atoms. The molecule has 3 aromatic rings. The van der Waals surface area contributed by atoms with E-state index < -0.39 is 11.9 Å². The van der Waals surface area contributed by atoms with Crippen molar-refractivity contribution in [1.29, 1.82) is 0 Å². The molecule has 0 bridgehead atoms. The van der Waals surface area contributed by atoms with Gasteiger partial charge in [0, 0.05) is 5.56 Å². The lowest BCUT2D eigenvalue weighted by molar-refractivity contribution is -0.145. The molecule has 0 aromatic heterocycles. The maximum atomic E-state index is 12.3. The number of hydrogen-bond donors (Lipinski definition) is 0. The third kappa shape index (κ3) is 4.38. The maximum absolute atomic E-state index is 12.3. The van der Waals surface area contributed by atoms with Crippen molar-refractivity contribution in [2.75, 3.05) is 13.2 Å². The first-order valence-electron chi connectivity index (χ1n) is 9.52. The Hall–Kier alpha value is -3.93. The molecule has 0 amide bonds. The molecule has 0 unspecified atom stereocenters. The fraction of sp³-hybridized carbons (Fsp3) is 0.125. The summed E-state index contributed by atoms with van der Waals surface area (Å²) in [5.74, 6) is -0.111. The molecular formula is C24H19NO5. The first kappa shape index (κ1) is 19.4. The van der Waals surface area contributed by atoms with Crippen molar-refractivity contribution in [2.24, 2.45) is 4.99 Å². The van der Waals surface area contributed by atoms with E-state index >= 15 is 0 Å². The van der Waals surface area contributed by atoms with Crippen LogP contribution in [0.2, 0.25) is 0 Å². The molecule has 1 aliphatic heterocycles. The van der Waals surface area contributed by atoms with Gasteiger partial charge in [0.05, 0.1) is 6.61 Å². The monoisotopic (exact) mass is 401 g/mol. The van der Waals surface area contributed by atoms with E-state index in [1.54, 1.807) is 37.3 Å². The van der Waals surface area contributed by atoms with E-state index in [1.807, 2.05) is 42.5 Å². The summed E-state index contributed by atoms with van der Waals surface area (Å²) in [6, 6.07) is 20.7. The third-order valence-corrected chi connectivity index (χ3v) is 4.46. The van der Waals surface area contributed by atoms with E-state index in [-0.39, 0.29) is 18.2 Å². The number of esters is 2. The van der Waals surface area contributed by atoms with Crippen LogP contribution in [-0.4, -0.2) is 31.1 Å². The molecule has 3 aromatic carbocycles. The largest absolute Gasteiger partial charge is 0.482 e. The summed E-state index contributed by atoms with van der Waals surface area (Å²) in [5, 5.41) is 2.15. The lowest BCUT2D eigenvalue weighted by Crippen LogP contribution is -2.14. The highest BCUT2D eigenvalue weighted by Gasteiger charge is 2.24.